The molecule has 6 nitrogen and oxygen atoms in total. The average molecular weight is 373 g/mol. The molecule has 1 aromatic carbocycles. The molecule has 0 bridgehead atoms. The van der Waals surface area contributed by atoms with Crippen LogP contribution in [0.15, 0.2) is 24.3 Å². The molecule has 2 N–H and O–H groups in total. The number of rotatable bonds is 5. The zero-order chi connectivity index (χ0) is 19.4. The quantitative estimate of drug-likeness (QED) is 0.860. The Balaban J connectivity index is 1.56. The highest BCUT2D eigenvalue weighted by Gasteiger charge is 2.30. The van der Waals surface area contributed by atoms with Gasteiger partial charge >= 0.3 is 0 Å². The smallest absolute Gasteiger partial charge is 0.260 e. The molecule has 2 amide bonds. The molecule has 2 aliphatic rings. The summed E-state index contributed by atoms with van der Waals surface area (Å²) in [5, 5.41) is 0. The first-order valence-corrected chi connectivity index (χ1v) is 10.1. The predicted octanol–water partition coefficient (Wildman–Crippen LogP) is 2.42. The maximum Gasteiger partial charge on any atom is 0.260 e. The highest BCUT2D eigenvalue weighted by Crippen LogP contribution is 2.23. The molecular weight excluding hydrogens is 342 g/mol. The Hall–Kier alpha value is -2.08. The van der Waals surface area contributed by atoms with E-state index in [4.69, 9.17) is 10.5 Å². The number of benzene rings is 1. The number of hydrogen-bond acceptors (Lipinski definition) is 4. The summed E-state index contributed by atoms with van der Waals surface area (Å²) >= 11 is 0. The Morgan fingerprint density at radius 2 is 1.74 bits per heavy atom. The first-order chi connectivity index (χ1) is 13.0. The van der Waals surface area contributed by atoms with E-state index in [1.165, 1.54) is 6.42 Å². The summed E-state index contributed by atoms with van der Waals surface area (Å²) in [6.45, 7) is 5.49. The van der Waals surface area contributed by atoms with Crippen molar-refractivity contribution in [3.05, 3.63) is 29.8 Å². The molecule has 6 heteroatoms. The molecule has 2 heterocycles. The molecule has 0 radical (unpaired) electrons. The number of nitrogens with two attached hydrogens (primary N) is 1. The van der Waals surface area contributed by atoms with Crippen LogP contribution in [-0.4, -0.2) is 59.4 Å². The van der Waals surface area contributed by atoms with Crippen LogP contribution in [0.1, 0.15) is 56.3 Å². The summed E-state index contributed by atoms with van der Waals surface area (Å²) in [6.07, 6.45) is 5.24. The van der Waals surface area contributed by atoms with Gasteiger partial charge in [-0.1, -0.05) is 0 Å². The maximum absolute atomic E-state index is 12.6. The van der Waals surface area contributed by atoms with Crippen molar-refractivity contribution < 1.29 is 14.3 Å². The van der Waals surface area contributed by atoms with E-state index in [0.717, 1.165) is 32.2 Å². The fourth-order valence-corrected chi connectivity index (χ4v) is 4.34. The van der Waals surface area contributed by atoms with E-state index in [9.17, 15) is 9.59 Å². The average Bonchev–Trinajstić information content (AvgIpc) is 3.15. The van der Waals surface area contributed by atoms with E-state index in [2.05, 4.69) is 13.8 Å². The molecule has 0 aromatic heterocycles. The molecule has 1 aromatic rings. The van der Waals surface area contributed by atoms with Crippen LogP contribution in [0.2, 0.25) is 0 Å². The fraction of sp³-hybridized carbons (Fsp3) is 0.619. The van der Waals surface area contributed by atoms with Crippen molar-refractivity contribution in [2.45, 2.75) is 64.1 Å². The molecule has 0 saturated carbocycles. The van der Waals surface area contributed by atoms with Crippen LogP contribution in [0.5, 0.6) is 5.75 Å². The SMILES string of the molecule is CC1CCCC(C)N1C(=O)COc1ccc(C(=O)N2CCCC2CN)cc1. The third-order valence-corrected chi connectivity index (χ3v) is 5.86. The number of carbonyl (C=O) groups is 2. The van der Waals surface area contributed by atoms with Crippen molar-refractivity contribution in [2.24, 2.45) is 5.73 Å². The predicted molar refractivity (Wildman–Crippen MR) is 105 cm³/mol. The van der Waals surface area contributed by atoms with Gasteiger partial charge in [0.2, 0.25) is 0 Å². The molecule has 2 aliphatic heterocycles. The molecule has 148 valence electrons. The van der Waals surface area contributed by atoms with Crippen molar-refractivity contribution in [1.29, 1.82) is 0 Å². The normalized spacial score (nSPS) is 25.5. The summed E-state index contributed by atoms with van der Waals surface area (Å²) in [4.78, 5) is 29.0. The maximum atomic E-state index is 12.6. The van der Waals surface area contributed by atoms with Crippen molar-refractivity contribution >= 4 is 11.8 Å². The highest BCUT2D eigenvalue weighted by molar-refractivity contribution is 5.94. The lowest BCUT2D eigenvalue weighted by Crippen LogP contribution is -2.49. The first kappa shape index (κ1) is 19.7. The fourth-order valence-electron chi connectivity index (χ4n) is 4.34. The van der Waals surface area contributed by atoms with Crippen LogP contribution in [-0.2, 0) is 4.79 Å². The van der Waals surface area contributed by atoms with Gasteiger partial charge in [-0.15, -0.1) is 0 Å². The standard InChI is InChI=1S/C21H31N3O3/c1-15-5-3-6-16(2)24(15)20(25)14-27-19-10-8-17(9-11-19)21(26)23-12-4-7-18(23)13-22/h8-11,15-16,18H,3-7,12-14,22H2,1-2H3. The highest BCUT2D eigenvalue weighted by atomic mass is 16.5. The van der Waals surface area contributed by atoms with Gasteiger partial charge in [0.25, 0.3) is 11.8 Å². The van der Waals surface area contributed by atoms with Crippen LogP contribution in [0, 0.1) is 0 Å². The molecule has 3 unspecified atom stereocenters. The van der Waals surface area contributed by atoms with Gasteiger partial charge in [0.05, 0.1) is 0 Å². The number of amides is 2. The van der Waals surface area contributed by atoms with Gasteiger partial charge in [-0.3, -0.25) is 9.59 Å². The summed E-state index contributed by atoms with van der Waals surface area (Å²) < 4.78 is 5.68. The van der Waals surface area contributed by atoms with Gasteiger partial charge in [0.1, 0.15) is 5.75 Å². The van der Waals surface area contributed by atoms with Crippen LogP contribution in [0.25, 0.3) is 0 Å². The Morgan fingerprint density at radius 1 is 1.07 bits per heavy atom. The van der Waals surface area contributed by atoms with Gasteiger partial charge in [-0.25, -0.2) is 0 Å². The lowest BCUT2D eigenvalue weighted by molar-refractivity contribution is -0.139. The van der Waals surface area contributed by atoms with Gasteiger partial charge in [0, 0.05) is 36.8 Å². The van der Waals surface area contributed by atoms with E-state index < -0.39 is 0 Å². The first-order valence-electron chi connectivity index (χ1n) is 10.1. The largest absolute Gasteiger partial charge is 0.484 e. The topological polar surface area (TPSA) is 75.9 Å². The van der Waals surface area contributed by atoms with E-state index in [1.807, 2.05) is 9.80 Å². The number of hydrogen-bond donors (Lipinski definition) is 1. The van der Waals surface area contributed by atoms with Crippen LogP contribution in [0.4, 0.5) is 0 Å². The second kappa shape index (κ2) is 8.74. The van der Waals surface area contributed by atoms with Crippen LogP contribution >= 0.6 is 0 Å². The van der Waals surface area contributed by atoms with E-state index in [0.29, 0.717) is 17.9 Å². The number of ether oxygens (including phenoxy) is 1. The summed E-state index contributed by atoms with van der Waals surface area (Å²) in [5.41, 5.74) is 6.39. The minimum absolute atomic E-state index is 0.0153. The Morgan fingerprint density at radius 3 is 2.37 bits per heavy atom. The van der Waals surface area contributed by atoms with E-state index >= 15 is 0 Å². The molecule has 3 rings (SSSR count). The molecule has 2 fully saturated rings. The van der Waals surface area contributed by atoms with Crippen LogP contribution in [0.3, 0.4) is 0 Å². The summed E-state index contributed by atoms with van der Waals surface area (Å²) in [5.74, 6) is 0.647. The molecule has 2 saturated heterocycles. The third-order valence-electron chi connectivity index (χ3n) is 5.86. The van der Waals surface area contributed by atoms with Crippen molar-refractivity contribution in [2.75, 3.05) is 19.7 Å². The molecule has 27 heavy (non-hydrogen) atoms. The summed E-state index contributed by atoms with van der Waals surface area (Å²) in [6, 6.07) is 7.72. The number of carbonyl (C=O) groups excluding carboxylic acids is 2. The second-order valence-electron chi connectivity index (χ2n) is 7.77. The monoisotopic (exact) mass is 373 g/mol. The van der Waals surface area contributed by atoms with Gasteiger partial charge in [-0.05, 0) is 70.2 Å². The molecule has 0 spiro atoms. The van der Waals surface area contributed by atoms with E-state index in [-0.39, 0.29) is 36.5 Å². The second-order valence-corrected chi connectivity index (χ2v) is 7.77. The van der Waals surface area contributed by atoms with Gasteiger partial charge in [-0.2, -0.15) is 0 Å². The zero-order valence-corrected chi connectivity index (χ0v) is 16.4. The Labute approximate surface area is 161 Å². The lowest BCUT2D eigenvalue weighted by Gasteiger charge is -2.38. The zero-order valence-electron chi connectivity index (χ0n) is 16.4. The van der Waals surface area contributed by atoms with E-state index in [1.54, 1.807) is 24.3 Å². The van der Waals surface area contributed by atoms with Crippen molar-refractivity contribution in [1.82, 2.24) is 9.80 Å². The minimum atomic E-state index is 0.0153. The Kier molecular flexibility index (Phi) is 6.37. The van der Waals surface area contributed by atoms with Gasteiger partial charge in [0.15, 0.2) is 6.61 Å². The number of nitrogens with zero attached hydrogens (tertiary/aromatic N) is 2. The van der Waals surface area contributed by atoms with Crippen LogP contribution < -0.4 is 10.5 Å². The third kappa shape index (κ3) is 4.43. The molecular formula is C21H31N3O3. The number of likely N-dealkylation sites (tertiary alicyclic amines) is 2. The molecule has 3 atom stereocenters. The molecule has 0 aliphatic carbocycles. The van der Waals surface area contributed by atoms with Gasteiger partial charge < -0.3 is 20.3 Å². The Bertz CT molecular complexity index is 651. The number of piperidine rings is 1. The minimum Gasteiger partial charge on any atom is -0.484 e. The summed E-state index contributed by atoms with van der Waals surface area (Å²) in [7, 11) is 0. The van der Waals surface area contributed by atoms with Crippen molar-refractivity contribution in [3.8, 4) is 5.75 Å². The lowest BCUT2D eigenvalue weighted by atomic mass is 9.97. The van der Waals surface area contributed by atoms with Crippen molar-refractivity contribution in [3.63, 3.8) is 0 Å².